The summed E-state index contributed by atoms with van der Waals surface area (Å²) in [6.07, 6.45) is 0.601. The van der Waals surface area contributed by atoms with Crippen molar-refractivity contribution in [3.63, 3.8) is 0 Å². The lowest BCUT2D eigenvalue weighted by Crippen LogP contribution is -2.17. The van der Waals surface area contributed by atoms with Crippen molar-refractivity contribution in [3.8, 4) is 5.75 Å². The summed E-state index contributed by atoms with van der Waals surface area (Å²) >= 11 is 1.29. The number of methoxy groups -OCH3 is 1. The molecule has 0 aliphatic heterocycles. The quantitative estimate of drug-likeness (QED) is 0.819. The minimum Gasteiger partial charge on any atom is -0.497 e. The summed E-state index contributed by atoms with van der Waals surface area (Å²) in [6.45, 7) is 3.57. The van der Waals surface area contributed by atoms with Gasteiger partial charge in [-0.15, -0.1) is 10.2 Å². The number of anilines is 1. The predicted octanol–water partition coefficient (Wildman–Crippen LogP) is 2.43. The third kappa shape index (κ3) is 3.48. The molecule has 25 heavy (non-hydrogen) atoms. The molecule has 1 amide bonds. The highest BCUT2D eigenvalue weighted by Crippen LogP contribution is 2.58. The summed E-state index contributed by atoms with van der Waals surface area (Å²) in [6, 6.07) is 7.64. The third-order valence-corrected chi connectivity index (χ3v) is 5.43. The Labute approximate surface area is 149 Å². The molecule has 0 spiro atoms. The van der Waals surface area contributed by atoms with Gasteiger partial charge in [0.15, 0.2) is 0 Å². The van der Waals surface area contributed by atoms with E-state index in [1.165, 1.54) is 11.3 Å². The monoisotopic (exact) mass is 361 g/mol. The van der Waals surface area contributed by atoms with E-state index < -0.39 is 23.2 Å². The van der Waals surface area contributed by atoms with Crippen LogP contribution in [0.25, 0.3) is 0 Å². The molecule has 3 rings (SSSR count). The van der Waals surface area contributed by atoms with Gasteiger partial charge in [0.1, 0.15) is 10.8 Å². The van der Waals surface area contributed by atoms with Crippen LogP contribution in [0, 0.1) is 17.3 Å². The lowest BCUT2D eigenvalue weighted by atomic mass is 10.1. The lowest BCUT2D eigenvalue weighted by molar-refractivity contribution is -0.140. The maximum Gasteiger partial charge on any atom is 0.307 e. The molecule has 8 heteroatoms. The van der Waals surface area contributed by atoms with Gasteiger partial charge >= 0.3 is 5.97 Å². The molecule has 0 bridgehead atoms. The van der Waals surface area contributed by atoms with E-state index in [1.807, 2.05) is 24.3 Å². The predicted molar refractivity (Wildman–Crippen MR) is 92.7 cm³/mol. The minimum atomic E-state index is -0.942. The molecule has 1 aliphatic rings. The van der Waals surface area contributed by atoms with Gasteiger partial charge in [-0.25, -0.2) is 0 Å². The van der Waals surface area contributed by atoms with E-state index in [-0.39, 0.29) is 5.91 Å². The Morgan fingerprint density at radius 1 is 1.24 bits per heavy atom. The summed E-state index contributed by atoms with van der Waals surface area (Å²) in [5.74, 6) is -1.67. The zero-order valence-electron chi connectivity index (χ0n) is 14.1. The van der Waals surface area contributed by atoms with Crippen molar-refractivity contribution < 1.29 is 19.4 Å². The standard InChI is InChI=1S/C17H19N3O4S/c1-17(2)12(13(17)15(22)23)14(21)18-16-20-19-11(25-16)8-9-4-6-10(24-3)7-5-9/h4-7,12-13H,8H2,1-3H3,(H,22,23)(H,18,20,21)/t12-,13-/m1/s1. The van der Waals surface area contributed by atoms with Crippen LogP contribution in [-0.2, 0) is 16.0 Å². The van der Waals surface area contributed by atoms with Crippen LogP contribution in [0.1, 0.15) is 24.4 Å². The van der Waals surface area contributed by atoms with Crippen molar-refractivity contribution in [2.75, 3.05) is 12.4 Å². The van der Waals surface area contributed by atoms with E-state index >= 15 is 0 Å². The van der Waals surface area contributed by atoms with E-state index in [4.69, 9.17) is 9.84 Å². The summed E-state index contributed by atoms with van der Waals surface area (Å²) in [4.78, 5) is 23.5. The molecule has 7 nitrogen and oxygen atoms in total. The summed E-state index contributed by atoms with van der Waals surface area (Å²) in [5.41, 5.74) is 0.524. The summed E-state index contributed by atoms with van der Waals surface area (Å²) in [5, 5.41) is 21.1. The maximum atomic E-state index is 12.3. The first-order chi connectivity index (χ1) is 11.8. The van der Waals surface area contributed by atoms with E-state index in [1.54, 1.807) is 21.0 Å². The summed E-state index contributed by atoms with van der Waals surface area (Å²) < 4.78 is 5.12. The second-order valence-electron chi connectivity index (χ2n) is 6.63. The number of carboxylic acids is 1. The highest BCUT2D eigenvalue weighted by molar-refractivity contribution is 7.15. The van der Waals surface area contributed by atoms with E-state index in [9.17, 15) is 9.59 Å². The van der Waals surface area contributed by atoms with Crippen LogP contribution in [0.5, 0.6) is 5.75 Å². The van der Waals surface area contributed by atoms with Gasteiger partial charge in [0, 0.05) is 6.42 Å². The number of amides is 1. The molecule has 0 radical (unpaired) electrons. The molecular weight excluding hydrogens is 342 g/mol. The topological polar surface area (TPSA) is 101 Å². The van der Waals surface area contributed by atoms with Crippen LogP contribution >= 0.6 is 11.3 Å². The van der Waals surface area contributed by atoms with Crippen LogP contribution in [0.4, 0.5) is 5.13 Å². The molecule has 1 fully saturated rings. The van der Waals surface area contributed by atoms with Crippen LogP contribution in [-0.4, -0.2) is 34.3 Å². The van der Waals surface area contributed by atoms with Crippen LogP contribution in [0.2, 0.25) is 0 Å². The first-order valence-corrected chi connectivity index (χ1v) is 8.63. The molecular formula is C17H19N3O4S. The number of rotatable bonds is 6. The highest BCUT2D eigenvalue weighted by atomic mass is 32.1. The number of carbonyl (C=O) groups is 2. The van der Waals surface area contributed by atoms with Gasteiger partial charge in [0.2, 0.25) is 11.0 Å². The number of hydrogen-bond acceptors (Lipinski definition) is 6. The number of carbonyl (C=O) groups excluding carboxylic acids is 1. The lowest BCUT2D eigenvalue weighted by Gasteiger charge is -2.02. The number of hydrogen-bond donors (Lipinski definition) is 2. The Bertz CT molecular complexity index is 800. The van der Waals surface area contributed by atoms with Crippen molar-refractivity contribution in [2.24, 2.45) is 17.3 Å². The fraction of sp³-hybridized carbons (Fsp3) is 0.412. The SMILES string of the molecule is COc1ccc(Cc2nnc(NC(=O)[C@H]3[C@H](C(=O)O)C3(C)C)s2)cc1. The number of ether oxygens (including phenoxy) is 1. The normalized spacial score (nSPS) is 20.8. The molecule has 2 N–H and O–H groups in total. The molecule has 1 heterocycles. The van der Waals surface area contributed by atoms with E-state index in [0.29, 0.717) is 11.6 Å². The van der Waals surface area contributed by atoms with Crippen molar-refractivity contribution in [3.05, 3.63) is 34.8 Å². The van der Waals surface area contributed by atoms with Gasteiger partial charge in [-0.05, 0) is 23.1 Å². The largest absolute Gasteiger partial charge is 0.497 e. The van der Waals surface area contributed by atoms with Gasteiger partial charge in [-0.3, -0.25) is 9.59 Å². The fourth-order valence-corrected chi connectivity index (χ4v) is 3.84. The number of aromatic nitrogens is 2. The van der Waals surface area contributed by atoms with Crippen molar-refractivity contribution in [2.45, 2.75) is 20.3 Å². The number of nitrogens with zero attached hydrogens (tertiary/aromatic N) is 2. The van der Waals surface area contributed by atoms with Crippen LogP contribution in [0.15, 0.2) is 24.3 Å². The molecule has 0 saturated heterocycles. The number of aliphatic carboxylic acids is 1. The number of benzene rings is 1. The average Bonchev–Trinajstić information content (AvgIpc) is 2.91. The Balaban J connectivity index is 1.62. The van der Waals surface area contributed by atoms with Gasteiger partial charge < -0.3 is 15.2 Å². The summed E-state index contributed by atoms with van der Waals surface area (Å²) in [7, 11) is 1.62. The molecule has 2 atom stereocenters. The molecule has 1 aromatic heterocycles. The van der Waals surface area contributed by atoms with Crippen LogP contribution < -0.4 is 10.1 Å². The Morgan fingerprint density at radius 3 is 2.48 bits per heavy atom. The number of nitrogens with one attached hydrogen (secondary N) is 1. The zero-order chi connectivity index (χ0) is 18.2. The Morgan fingerprint density at radius 2 is 1.92 bits per heavy atom. The smallest absolute Gasteiger partial charge is 0.307 e. The Kier molecular flexibility index (Phi) is 4.47. The molecule has 0 unspecified atom stereocenters. The molecule has 1 aromatic carbocycles. The zero-order valence-corrected chi connectivity index (χ0v) is 15.0. The van der Waals surface area contributed by atoms with E-state index in [0.717, 1.165) is 16.3 Å². The second kappa shape index (κ2) is 6.44. The molecule has 132 valence electrons. The highest BCUT2D eigenvalue weighted by Gasteiger charge is 2.66. The average molecular weight is 361 g/mol. The third-order valence-electron chi connectivity index (χ3n) is 4.59. The van der Waals surface area contributed by atoms with Crippen molar-refractivity contribution in [1.29, 1.82) is 0 Å². The number of carboxylic acid groups (broad SMARTS) is 1. The first-order valence-electron chi connectivity index (χ1n) is 7.82. The van der Waals surface area contributed by atoms with Gasteiger partial charge in [0.25, 0.3) is 0 Å². The first kappa shape index (κ1) is 17.3. The second-order valence-corrected chi connectivity index (χ2v) is 7.69. The van der Waals surface area contributed by atoms with Crippen LogP contribution in [0.3, 0.4) is 0 Å². The van der Waals surface area contributed by atoms with Gasteiger partial charge in [-0.2, -0.15) is 0 Å². The fourth-order valence-electron chi connectivity index (χ4n) is 3.06. The van der Waals surface area contributed by atoms with Gasteiger partial charge in [0.05, 0.1) is 18.9 Å². The Hall–Kier alpha value is -2.48. The molecule has 1 saturated carbocycles. The maximum absolute atomic E-state index is 12.3. The molecule has 2 aromatic rings. The van der Waals surface area contributed by atoms with Gasteiger partial charge in [-0.1, -0.05) is 37.3 Å². The van der Waals surface area contributed by atoms with Crippen molar-refractivity contribution >= 4 is 28.3 Å². The minimum absolute atomic E-state index is 0.315. The van der Waals surface area contributed by atoms with Crippen molar-refractivity contribution in [1.82, 2.24) is 10.2 Å². The van der Waals surface area contributed by atoms with E-state index in [2.05, 4.69) is 15.5 Å². The molecule has 1 aliphatic carbocycles.